The van der Waals surface area contributed by atoms with Gasteiger partial charge >= 0.3 is 0 Å². The number of ether oxygens (including phenoxy) is 1. The van der Waals surface area contributed by atoms with E-state index in [0.29, 0.717) is 17.9 Å². The molecule has 0 atom stereocenters. The predicted molar refractivity (Wildman–Crippen MR) is 98.4 cm³/mol. The lowest BCUT2D eigenvalue weighted by Crippen LogP contribution is -2.47. The Morgan fingerprint density at radius 1 is 1.08 bits per heavy atom. The molecule has 0 aromatic heterocycles. The molecule has 1 aliphatic heterocycles. The maximum Gasteiger partial charge on any atom is 0.292 e. The van der Waals surface area contributed by atoms with Crippen molar-refractivity contribution in [2.24, 2.45) is 0 Å². The molecule has 1 aliphatic rings. The molecular weight excluding hydrogens is 332 g/mol. The zero-order chi connectivity index (χ0) is 18.4. The lowest BCUT2D eigenvalue weighted by molar-refractivity contribution is -0.384. The van der Waals surface area contributed by atoms with Crippen molar-refractivity contribution in [3.05, 3.63) is 64.2 Å². The maximum absolute atomic E-state index is 11.2. The van der Waals surface area contributed by atoms with E-state index in [1.165, 1.54) is 0 Å². The Morgan fingerprint density at radius 3 is 2.42 bits per heavy atom. The summed E-state index contributed by atoms with van der Waals surface area (Å²) < 4.78 is 5.72. The summed E-state index contributed by atoms with van der Waals surface area (Å²) in [7, 11) is 0. The summed E-state index contributed by atoms with van der Waals surface area (Å²) >= 11 is 0. The molecule has 0 unspecified atom stereocenters. The summed E-state index contributed by atoms with van der Waals surface area (Å²) in [6.45, 7) is 4.54. The Kier molecular flexibility index (Phi) is 5.66. The monoisotopic (exact) mass is 352 g/mol. The molecule has 0 spiro atoms. The second-order valence-electron chi connectivity index (χ2n) is 6.06. The molecule has 1 fully saturated rings. The number of nitrogens with zero attached hydrogens (tertiary/aromatic N) is 4. The van der Waals surface area contributed by atoms with E-state index in [0.717, 1.165) is 38.5 Å². The van der Waals surface area contributed by atoms with E-state index >= 15 is 0 Å². The molecule has 0 saturated carbocycles. The lowest BCUT2D eigenvalue weighted by Gasteiger charge is -2.35. The fourth-order valence-corrected chi connectivity index (χ4v) is 3.02. The van der Waals surface area contributed by atoms with E-state index in [2.05, 4.69) is 15.9 Å². The number of nitriles is 1. The number of nitro groups is 1. The highest BCUT2D eigenvalue weighted by atomic mass is 16.6. The van der Waals surface area contributed by atoms with Gasteiger partial charge in [-0.1, -0.05) is 12.1 Å². The third-order valence-electron chi connectivity index (χ3n) is 4.45. The Labute approximate surface area is 152 Å². The van der Waals surface area contributed by atoms with E-state index < -0.39 is 0 Å². The minimum Gasteiger partial charge on any atom is -0.492 e. The molecule has 134 valence electrons. The van der Waals surface area contributed by atoms with Crippen molar-refractivity contribution in [1.29, 1.82) is 5.26 Å². The van der Waals surface area contributed by atoms with Crippen LogP contribution in [0.1, 0.15) is 5.56 Å². The van der Waals surface area contributed by atoms with Crippen LogP contribution in [0.5, 0.6) is 5.75 Å². The maximum atomic E-state index is 11.2. The summed E-state index contributed by atoms with van der Waals surface area (Å²) in [5.74, 6) is 0.752. The third-order valence-corrected chi connectivity index (χ3v) is 4.45. The van der Waals surface area contributed by atoms with Crippen LogP contribution in [0.4, 0.5) is 11.4 Å². The van der Waals surface area contributed by atoms with Crippen molar-refractivity contribution >= 4 is 11.4 Å². The molecule has 7 nitrogen and oxygen atoms in total. The van der Waals surface area contributed by atoms with E-state index in [1.54, 1.807) is 36.4 Å². The highest BCUT2D eigenvalue weighted by Gasteiger charge is 2.22. The van der Waals surface area contributed by atoms with E-state index in [-0.39, 0.29) is 10.6 Å². The van der Waals surface area contributed by atoms with Crippen LogP contribution in [0.2, 0.25) is 0 Å². The molecular formula is C19H20N4O3. The van der Waals surface area contributed by atoms with Crippen LogP contribution in [0, 0.1) is 21.4 Å². The topological polar surface area (TPSA) is 82.6 Å². The molecule has 2 aromatic carbocycles. The number of rotatable bonds is 6. The minimum absolute atomic E-state index is 0.157. The molecule has 7 heteroatoms. The highest BCUT2D eigenvalue weighted by molar-refractivity contribution is 5.63. The van der Waals surface area contributed by atoms with Gasteiger partial charge in [0, 0.05) is 38.8 Å². The molecule has 1 saturated heterocycles. The van der Waals surface area contributed by atoms with Gasteiger partial charge in [0.2, 0.25) is 0 Å². The lowest BCUT2D eigenvalue weighted by atomic mass is 10.2. The standard InChI is InChI=1S/C19H20N4O3/c20-15-16-5-7-17(8-6-16)26-14-13-21-9-11-22(12-10-21)18-3-1-2-4-19(18)23(24)25/h1-8H,9-14H2. The van der Waals surface area contributed by atoms with Gasteiger partial charge in [-0.2, -0.15) is 5.26 Å². The zero-order valence-corrected chi connectivity index (χ0v) is 14.4. The summed E-state index contributed by atoms with van der Waals surface area (Å²) in [5, 5.41) is 20.0. The van der Waals surface area contributed by atoms with Gasteiger partial charge in [0.15, 0.2) is 0 Å². The first-order chi connectivity index (χ1) is 12.7. The fraction of sp³-hybridized carbons (Fsp3) is 0.316. The number of benzene rings is 2. The van der Waals surface area contributed by atoms with Gasteiger partial charge in [0.05, 0.1) is 16.6 Å². The number of hydrogen-bond acceptors (Lipinski definition) is 6. The van der Waals surface area contributed by atoms with Crippen LogP contribution in [-0.4, -0.2) is 49.2 Å². The van der Waals surface area contributed by atoms with Crippen molar-refractivity contribution in [2.75, 3.05) is 44.2 Å². The van der Waals surface area contributed by atoms with Crippen molar-refractivity contribution in [3.63, 3.8) is 0 Å². The first kappa shape index (κ1) is 17.7. The molecule has 1 heterocycles. The van der Waals surface area contributed by atoms with Crippen LogP contribution < -0.4 is 9.64 Å². The third kappa shape index (κ3) is 4.29. The van der Waals surface area contributed by atoms with Gasteiger partial charge in [-0.3, -0.25) is 15.0 Å². The smallest absolute Gasteiger partial charge is 0.292 e. The second-order valence-corrected chi connectivity index (χ2v) is 6.06. The Balaban J connectivity index is 1.47. The highest BCUT2D eigenvalue weighted by Crippen LogP contribution is 2.28. The molecule has 26 heavy (non-hydrogen) atoms. The minimum atomic E-state index is -0.326. The second kappa shape index (κ2) is 8.32. The van der Waals surface area contributed by atoms with Crippen molar-refractivity contribution in [2.45, 2.75) is 0 Å². The number of nitro benzene ring substituents is 1. The van der Waals surface area contributed by atoms with Gasteiger partial charge < -0.3 is 9.64 Å². The van der Waals surface area contributed by atoms with Gasteiger partial charge in [0.1, 0.15) is 18.0 Å². The van der Waals surface area contributed by atoms with E-state index in [1.807, 2.05) is 12.1 Å². The molecule has 0 bridgehead atoms. The summed E-state index contributed by atoms with van der Waals surface area (Å²) in [6.07, 6.45) is 0. The summed E-state index contributed by atoms with van der Waals surface area (Å²) in [5.41, 5.74) is 1.46. The van der Waals surface area contributed by atoms with Crippen LogP contribution in [0.3, 0.4) is 0 Å². The number of anilines is 1. The largest absolute Gasteiger partial charge is 0.492 e. The van der Waals surface area contributed by atoms with Gasteiger partial charge in [-0.25, -0.2) is 0 Å². The van der Waals surface area contributed by atoms with Crippen LogP contribution >= 0.6 is 0 Å². The Bertz CT molecular complexity index is 793. The van der Waals surface area contributed by atoms with Gasteiger partial charge in [-0.05, 0) is 30.3 Å². The molecule has 3 rings (SSSR count). The first-order valence-electron chi connectivity index (χ1n) is 8.51. The van der Waals surface area contributed by atoms with E-state index in [4.69, 9.17) is 10.00 Å². The number of para-hydroxylation sites is 2. The summed E-state index contributed by atoms with van der Waals surface area (Å²) in [4.78, 5) is 15.2. The van der Waals surface area contributed by atoms with Crippen LogP contribution in [-0.2, 0) is 0 Å². The molecule has 0 aliphatic carbocycles. The molecule has 0 radical (unpaired) electrons. The quantitative estimate of drug-likeness (QED) is 0.587. The van der Waals surface area contributed by atoms with Gasteiger partial charge in [-0.15, -0.1) is 0 Å². The van der Waals surface area contributed by atoms with Crippen LogP contribution in [0.25, 0.3) is 0 Å². The zero-order valence-electron chi connectivity index (χ0n) is 14.4. The fourth-order valence-electron chi connectivity index (χ4n) is 3.02. The summed E-state index contributed by atoms with van der Waals surface area (Å²) in [6, 6.07) is 16.0. The average Bonchev–Trinajstić information content (AvgIpc) is 2.69. The van der Waals surface area contributed by atoms with Crippen molar-refractivity contribution in [3.8, 4) is 11.8 Å². The van der Waals surface area contributed by atoms with Gasteiger partial charge in [0.25, 0.3) is 5.69 Å². The van der Waals surface area contributed by atoms with Crippen molar-refractivity contribution in [1.82, 2.24) is 4.90 Å². The van der Waals surface area contributed by atoms with E-state index in [9.17, 15) is 10.1 Å². The molecule has 0 N–H and O–H groups in total. The predicted octanol–water partition coefficient (Wildman–Crippen LogP) is 2.67. The first-order valence-corrected chi connectivity index (χ1v) is 8.51. The van der Waals surface area contributed by atoms with Crippen molar-refractivity contribution < 1.29 is 9.66 Å². The number of piperazine rings is 1. The number of hydrogen-bond donors (Lipinski definition) is 0. The van der Waals surface area contributed by atoms with Crippen LogP contribution in [0.15, 0.2) is 48.5 Å². The SMILES string of the molecule is N#Cc1ccc(OCCN2CCN(c3ccccc3[N+](=O)[O-])CC2)cc1. The molecule has 0 amide bonds. The molecule has 2 aromatic rings. The normalized spacial score (nSPS) is 14.7. The Morgan fingerprint density at radius 2 is 1.77 bits per heavy atom. The average molecular weight is 352 g/mol. The Hall–Kier alpha value is -3.11.